The Labute approximate surface area is 359 Å². The fourth-order valence-electron chi connectivity index (χ4n) is 8.33. The molecule has 334 valence electrons. The standard InChI is InChI=1S/C47H78O9SSi2/c1-17-37-30(2)23-25-38(54-37)31(3)27-32(4)45(57(50,51)35-21-19-18-20-22-35)43(49)42-33(5)36(42)24-26-39-44(56-59(15,16)47(9,10)11)40(55-58(13,14)46(6,7)8)28-34(53-39)29-41(48)52-12/h18-24,26-27,32-34,36-40,42-45,49H,17,25,28-29H2,1-16H3/b26-24+,31-27+/t32-,33-,34-,36-,37+,38+,39-,40-,42-,43?,44-,45?/m0/s1. The number of sulfone groups is 1. The average molecular weight is 875 g/mol. The van der Waals surface area contributed by atoms with Crippen molar-refractivity contribution in [3.8, 4) is 0 Å². The molecule has 2 fully saturated rings. The summed E-state index contributed by atoms with van der Waals surface area (Å²) in [7, 11) is -7.22. The molecular formula is C47H78O9SSi2. The topological polar surface area (TPSA) is 118 Å². The second-order valence-corrected chi connectivity index (χ2v) is 32.3. The molecule has 0 aromatic heterocycles. The molecule has 0 amide bonds. The summed E-state index contributed by atoms with van der Waals surface area (Å²) in [6.45, 7) is 32.4. The summed E-state index contributed by atoms with van der Waals surface area (Å²) in [5, 5.41) is 11.1. The number of ether oxygens (including phenoxy) is 3. The molecule has 2 aliphatic heterocycles. The molecule has 1 saturated carbocycles. The number of carbonyl (C=O) groups is 1. The van der Waals surface area contributed by atoms with Crippen LogP contribution in [0.2, 0.25) is 36.3 Å². The Morgan fingerprint density at radius 1 is 0.983 bits per heavy atom. The highest BCUT2D eigenvalue weighted by molar-refractivity contribution is 7.92. The van der Waals surface area contributed by atoms with Crippen molar-refractivity contribution in [1.29, 1.82) is 0 Å². The van der Waals surface area contributed by atoms with Gasteiger partial charge in [0.05, 0.1) is 60.3 Å². The predicted molar refractivity (Wildman–Crippen MR) is 243 cm³/mol. The monoisotopic (exact) mass is 874 g/mol. The van der Waals surface area contributed by atoms with E-state index in [1.54, 1.807) is 30.3 Å². The quantitative estimate of drug-likeness (QED) is 0.0984. The van der Waals surface area contributed by atoms with Crippen molar-refractivity contribution >= 4 is 32.4 Å². The van der Waals surface area contributed by atoms with Crippen LogP contribution < -0.4 is 0 Å². The minimum atomic E-state index is -3.96. The number of esters is 1. The number of aliphatic hydroxyl groups is 1. The van der Waals surface area contributed by atoms with Crippen LogP contribution in [0, 0.1) is 23.7 Å². The van der Waals surface area contributed by atoms with Crippen molar-refractivity contribution in [2.24, 2.45) is 23.7 Å². The molecule has 59 heavy (non-hydrogen) atoms. The fourth-order valence-corrected chi connectivity index (χ4v) is 13.0. The SMILES string of the molecule is CC[C@H]1O[C@@H](/C(C)=C/[C@H](C)C(C(O)[C@H]2[C@@H](C)[C@@H]2/C=C/[C@@H]2O[C@H](CC(=O)OC)C[C@H](O[Si](C)(C)C(C)(C)C)[C@H]2O[Si](C)(C)C(C)(C)C)S(=O)(=O)c2ccccc2)CC=C1C. The van der Waals surface area contributed by atoms with Crippen molar-refractivity contribution in [2.75, 3.05) is 7.11 Å². The third-order valence-electron chi connectivity index (χ3n) is 14.3. The van der Waals surface area contributed by atoms with E-state index in [0.29, 0.717) is 6.42 Å². The Hall–Kier alpha value is -1.91. The van der Waals surface area contributed by atoms with Gasteiger partial charge in [0, 0.05) is 6.42 Å². The summed E-state index contributed by atoms with van der Waals surface area (Å²) in [5.41, 5.74) is 2.19. The zero-order chi connectivity index (χ0) is 44.5. The molecule has 9 nitrogen and oxygen atoms in total. The minimum Gasteiger partial charge on any atom is -0.469 e. The van der Waals surface area contributed by atoms with Crippen LogP contribution in [-0.2, 0) is 37.7 Å². The molecule has 1 aliphatic carbocycles. The van der Waals surface area contributed by atoms with Gasteiger partial charge in [-0.25, -0.2) is 8.42 Å². The Morgan fingerprint density at radius 2 is 1.58 bits per heavy atom. The smallest absolute Gasteiger partial charge is 0.308 e. The van der Waals surface area contributed by atoms with Crippen LogP contribution in [0.15, 0.2) is 70.7 Å². The molecule has 12 heteroatoms. The van der Waals surface area contributed by atoms with E-state index in [9.17, 15) is 18.3 Å². The number of hydrogen-bond acceptors (Lipinski definition) is 9. The Bertz CT molecular complexity index is 1780. The molecular weight excluding hydrogens is 797 g/mol. The van der Waals surface area contributed by atoms with Gasteiger partial charge in [-0.3, -0.25) is 4.79 Å². The van der Waals surface area contributed by atoms with Crippen LogP contribution >= 0.6 is 0 Å². The lowest BCUT2D eigenvalue weighted by atomic mass is 9.93. The van der Waals surface area contributed by atoms with Crippen LogP contribution in [0.1, 0.15) is 102 Å². The second kappa shape index (κ2) is 19.2. The van der Waals surface area contributed by atoms with Crippen molar-refractivity contribution < 1.29 is 41.4 Å². The maximum absolute atomic E-state index is 14.6. The predicted octanol–water partition coefficient (Wildman–Crippen LogP) is 10.2. The van der Waals surface area contributed by atoms with Crippen molar-refractivity contribution in [3.05, 3.63) is 65.8 Å². The van der Waals surface area contributed by atoms with Crippen molar-refractivity contribution in [3.63, 3.8) is 0 Å². The summed E-state index contributed by atoms with van der Waals surface area (Å²) < 4.78 is 61.8. The molecule has 0 spiro atoms. The maximum atomic E-state index is 14.6. The maximum Gasteiger partial charge on any atom is 0.308 e. The number of aliphatic hydroxyl groups excluding tert-OH is 1. The Balaban J connectivity index is 1.71. The summed E-state index contributed by atoms with van der Waals surface area (Å²) in [6.07, 6.45) is 7.53. The zero-order valence-corrected chi connectivity index (χ0v) is 41.9. The summed E-state index contributed by atoms with van der Waals surface area (Å²) in [6, 6.07) is 8.49. The number of methoxy groups -OCH3 is 1. The molecule has 1 aromatic carbocycles. The Kier molecular flexibility index (Phi) is 16.2. The first-order chi connectivity index (χ1) is 27.2. The lowest BCUT2D eigenvalue weighted by Crippen LogP contribution is -2.59. The zero-order valence-electron chi connectivity index (χ0n) is 39.1. The molecule has 12 atom stereocenters. The van der Waals surface area contributed by atoms with E-state index in [-0.39, 0.29) is 63.4 Å². The van der Waals surface area contributed by atoms with Crippen molar-refractivity contribution in [1.82, 2.24) is 0 Å². The van der Waals surface area contributed by atoms with Gasteiger partial charge in [-0.05, 0) is 110 Å². The lowest BCUT2D eigenvalue weighted by molar-refractivity contribution is -0.160. The van der Waals surface area contributed by atoms with Gasteiger partial charge in [-0.15, -0.1) is 0 Å². The summed E-state index contributed by atoms with van der Waals surface area (Å²) >= 11 is 0. The van der Waals surface area contributed by atoms with Crippen LogP contribution in [0.5, 0.6) is 0 Å². The van der Waals surface area contributed by atoms with E-state index in [1.165, 1.54) is 12.7 Å². The summed E-state index contributed by atoms with van der Waals surface area (Å²) in [4.78, 5) is 12.9. The molecule has 1 saturated heterocycles. The average Bonchev–Trinajstić information content (AvgIpc) is 3.79. The molecule has 2 unspecified atom stereocenters. The highest BCUT2D eigenvalue weighted by Gasteiger charge is 2.55. The number of allylic oxidation sites excluding steroid dienone is 2. The molecule has 0 radical (unpaired) electrons. The molecule has 1 aromatic rings. The van der Waals surface area contributed by atoms with E-state index in [1.807, 2.05) is 26.0 Å². The summed E-state index contributed by atoms with van der Waals surface area (Å²) in [5.74, 6) is -1.24. The van der Waals surface area contributed by atoms with Crippen LogP contribution in [0.4, 0.5) is 0 Å². The number of rotatable bonds is 16. The largest absolute Gasteiger partial charge is 0.469 e. The van der Waals surface area contributed by atoms with Gasteiger partial charge in [0.2, 0.25) is 0 Å². The normalized spacial score (nSPS) is 30.4. The first-order valence-electron chi connectivity index (χ1n) is 21.9. The van der Waals surface area contributed by atoms with Gasteiger partial charge in [-0.2, -0.15) is 0 Å². The van der Waals surface area contributed by atoms with Crippen molar-refractivity contribution in [2.45, 2.75) is 191 Å². The van der Waals surface area contributed by atoms with Gasteiger partial charge in [-0.1, -0.05) is 105 Å². The second-order valence-electron chi connectivity index (χ2n) is 20.7. The van der Waals surface area contributed by atoms with Crippen LogP contribution in [0.25, 0.3) is 0 Å². The fraction of sp³-hybridized carbons (Fsp3) is 0.723. The van der Waals surface area contributed by atoms with E-state index < -0.39 is 62.1 Å². The van der Waals surface area contributed by atoms with Gasteiger partial charge >= 0.3 is 5.97 Å². The lowest BCUT2D eigenvalue weighted by Gasteiger charge is -2.49. The first kappa shape index (κ1) is 49.7. The highest BCUT2D eigenvalue weighted by atomic mass is 32.2. The molecule has 2 heterocycles. The molecule has 3 aliphatic rings. The molecule has 4 rings (SSSR count). The van der Waals surface area contributed by atoms with Gasteiger partial charge < -0.3 is 28.2 Å². The molecule has 1 N–H and O–H groups in total. The van der Waals surface area contributed by atoms with Gasteiger partial charge in [0.25, 0.3) is 0 Å². The van der Waals surface area contributed by atoms with E-state index in [0.717, 1.165) is 18.4 Å². The third kappa shape index (κ3) is 11.8. The third-order valence-corrected chi connectivity index (χ3v) is 25.6. The highest BCUT2D eigenvalue weighted by Crippen LogP contribution is 2.52. The van der Waals surface area contributed by atoms with Crippen LogP contribution in [-0.4, -0.2) is 91.2 Å². The number of hydrogen-bond donors (Lipinski definition) is 1. The number of carbonyl (C=O) groups excluding carboxylic acids is 1. The van der Waals surface area contributed by atoms with E-state index >= 15 is 0 Å². The van der Waals surface area contributed by atoms with E-state index in [2.05, 4.69) is 101 Å². The van der Waals surface area contributed by atoms with Gasteiger partial charge in [0.1, 0.15) is 6.10 Å². The van der Waals surface area contributed by atoms with Gasteiger partial charge in [0.15, 0.2) is 26.5 Å². The molecule has 0 bridgehead atoms. The van der Waals surface area contributed by atoms with Crippen LogP contribution in [0.3, 0.4) is 0 Å². The Morgan fingerprint density at radius 3 is 2.14 bits per heavy atom. The number of benzene rings is 1. The first-order valence-corrected chi connectivity index (χ1v) is 29.3. The minimum absolute atomic E-state index is 0.0144. The van der Waals surface area contributed by atoms with E-state index in [4.69, 9.17) is 23.1 Å².